The summed E-state index contributed by atoms with van der Waals surface area (Å²) in [6.45, 7) is 4.32. The molecule has 0 aliphatic carbocycles. The van der Waals surface area contributed by atoms with Crippen LogP contribution in [-0.2, 0) is 27.3 Å². The first-order valence-electron chi connectivity index (χ1n) is 11.0. The van der Waals surface area contributed by atoms with E-state index in [0.717, 1.165) is 5.56 Å². The molecular weight excluding hydrogens is 428 g/mol. The van der Waals surface area contributed by atoms with Crippen LogP contribution in [0, 0.1) is 0 Å². The summed E-state index contributed by atoms with van der Waals surface area (Å²) in [5, 5.41) is 14.2. The molecule has 5 N–H and O–H groups in total. The number of amides is 2. The molecule has 33 heavy (non-hydrogen) atoms. The zero-order valence-electron chi connectivity index (χ0n) is 19.2. The van der Waals surface area contributed by atoms with Crippen molar-refractivity contribution in [2.75, 3.05) is 26.4 Å². The van der Waals surface area contributed by atoms with E-state index in [0.29, 0.717) is 43.9 Å². The third-order valence-electron chi connectivity index (χ3n) is 4.70. The van der Waals surface area contributed by atoms with Gasteiger partial charge in [0.15, 0.2) is 12.2 Å². The second-order valence-corrected chi connectivity index (χ2v) is 8.16. The van der Waals surface area contributed by atoms with Crippen LogP contribution in [0.2, 0.25) is 0 Å². The maximum Gasteiger partial charge on any atom is 0.407 e. The molecule has 0 aliphatic rings. The molecule has 1 atom stereocenters. The third kappa shape index (κ3) is 9.60. The van der Waals surface area contributed by atoms with Crippen LogP contribution < -0.4 is 16.4 Å². The van der Waals surface area contributed by atoms with Crippen molar-refractivity contribution < 1.29 is 28.6 Å². The molecule has 10 heteroatoms. The van der Waals surface area contributed by atoms with Gasteiger partial charge in [0.25, 0.3) is 0 Å². The summed E-state index contributed by atoms with van der Waals surface area (Å²) in [5.74, 6) is 0.0595. The van der Waals surface area contributed by atoms with E-state index in [1.807, 2.05) is 30.3 Å². The van der Waals surface area contributed by atoms with Crippen LogP contribution in [0.1, 0.15) is 49.7 Å². The quantitative estimate of drug-likeness (QED) is 0.311. The van der Waals surface area contributed by atoms with Crippen molar-refractivity contribution in [3.63, 3.8) is 0 Å². The summed E-state index contributed by atoms with van der Waals surface area (Å²) in [5.41, 5.74) is 6.39. The molecule has 1 aromatic carbocycles. The molecule has 0 saturated heterocycles. The lowest BCUT2D eigenvalue weighted by Gasteiger charge is -2.23. The molecule has 0 saturated carbocycles. The number of nitrogens with zero attached hydrogens (tertiary/aromatic N) is 1. The van der Waals surface area contributed by atoms with Crippen molar-refractivity contribution in [3.8, 4) is 0 Å². The molecule has 0 radical (unpaired) electrons. The van der Waals surface area contributed by atoms with Crippen LogP contribution in [0.3, 0.4) is 0 Å². The lowest BCUT2D eigenvalue weighted by atomic mass is 10.0. The van der Waals surface area contributed by atoms with Gasteiger partial charge >= 0.3 is 6.09 Å². The fraction of sp³-hybridized carbons (Fsp3) is 0.522. The van der Waals surface area contributed by atoms with Gasteiger partial charge in [0.2, 0.25) is 5.91 Å². The van der Waals surface area contributed by atoms with Gasteiger partial charge in [-0.25, -0.2) is 9.78 Å². The number of aliphatic hydroxyl groups is 1. The Morgan fingerprint density at radius 2 is 2.00 bits per heavy atom. The second-order valence-electron chi connectivity index (χ2n) is 8.16. The fourth-order valence-electron chi connectivity index (χ4n) is 2.86. The van der Waals surface area contributed by atoms with Crippen molar-refractivity contribution in [2.45, 2.75) is 51.3 Å². The molecule has 0 spiro atoms. The summed E-state index contributed by atoms with van der Waals surface area (Å²) in [4.78, 5) is 28.5. The van der Waals surface area contributed by atoms with Gasteiger partial charge in [0.1, 0.15) is 6.04 Å². The largest absolute Gasteiger partial charge is 0.449 e. The molecule has 1 heterocycles. The Balaban J connectivity index is 1.96. The van der Waals surface area contributed by atoms with Crippen LogP contribution in [0.25, 0.3) is 0 Å². The van der Waals surface area contributed by atoms with E-state index in [-0.39, 0.29) is 25.7 Å². The second kappa shape index (κ2) is 13.6. The molecule has 2 aromatic rings. The maximum atomic E-state index is 12.5. The molecule has 182 valence electrons. The smallest absolute Gasteiger partial charge is 0.407 e. The highest BCUT2D eigenvalue weighted by atomic mass is 16.5. The Kier molecular flexibility index (Phi) is 10.8. The van der Waals surface area contributed by atoms with E-state index in [9.17, 15) is 9.59 Å². The lowest BCUT2D eigenvalue weighted by Crippen LogP contribution is -2.50. The first-order valence-corrected chi connectivity index (χ1v) is 11.0. The normalized spacial score (nSPS) is 12.2. The number of oxazole rings is 1. The van der Waals surface area contributed by atoms with Crippen LogP contribution in [0.4, 0.5) is 4.79 Å². The van der Waals surface area contributed by atoms with Gasteiger partial charge in [-0.1, -0.05) is 30.3 Å². The number of nitrogens with one attached hydrogen (secondary N) is 2. The van der Waals surface area contributed by atoms with Gasteiger partial charge < -0.3 is 35.4 Å². The summed E-state index contributed by atoms with van der Waals surface area (Å²) in [7, 11) is 0. The van der Waals surface area contributed by atoms with E-state index in [2.05, 4.69) is 15.6 Å². The number of carbonyl (C=O) groups excluding carboxylic acids is 2. The number of rotatable bonds is 14. The number of carbonyl (C=O) groups is 2. The van der Waals surface area contributed by atoms with Gasteiger partial charge in [-0.05, 0) is 32.3 Å². The molecular formula is C23H34N4O6. The van der Waals surface area contributed by atoms with E-state index >= 15 is 0 Å². The standard InChI is InChI=1S/C23H34N4O6/c1-23(2,24)21(29)27-19(15-31-14-17-8-4-3-5-9-17)20-18(26-16-33-20)10-13-32-22(30)25-11-6-7-12-28/h3-5,8-9,16,19,28H,6-7,10-15,24H2,1-2H3,(H,25,30)(H,27,29)/t19-/m1/s1. The molecule has 2 rings (SSSR count). The molecule has 1 aromatic heterocycles. The van der Waals surface area contributed by atoms with Crippen molar-refractivity contribution in [3.05, 3.63) is 53.7 Å². The summed E-state index contributed by atoms with van der Waals surface area (Å²) in [6, 6.07) is 9.05. The molecule has 10 nitrogen and oxygen atoms in total. The average Bonchev–Trinajstić information content (AvgIpc) is 3.24. The topological polar surface area (TPSA) is 149 Å². The SMILES string of the molecule is CC(C)(N)C(=O)N[C@H](COCc1ccccc1)c1ocnc1CCOC(=O)NCCCCO. The van der Waals surface area contributed by atoms with Crippen molar-refractivity contribution in [1.29, 1.82) is 0 Å². The highest BCUT2D eigenvalue weighted by molar-refractivity contribution is 5.85. The highest BCUT2D eigenvalue weighted by Gasteiger charge is 2.28. The predicted octanol–water partition coefficient (Wildman–Crippen LogP) is 1.83. The van der Waals surface area contributed by atoms with Gasteiger partial charge in [-0.15, -0.1) is 0 Å². The minimum absolute atomic E-state index is 0.0826. The van der Waals surface area contributed by atoms with Crippen LogP contribution in [0.15, 0.2) is 41.1 Å². The highest BCUT2D eigenvalue weighted by Crippen LogP contribution is 2.20. The molecule has 0 unspecified atom stereocenters. The Labute approximate surface area is 193 Å². The van der Waals surface area contributed by atoms with E-state index in [1.165, 1.54) is 6.39 Å². The van der Waals surface area contributed by atoms with Crippen LogP contribution in [-0.4, -0.2) is 54.0 Å². The van der Waals surface area contributed by atoms with Crippen molar-refractivity contribution >= 4 is 12.0 Å². The number of ether oxygens (including phenoxy) is 2. The average molecular weight is 463 g/mol. The molecule has 2 amide bonds. The monoisotopic (exact) mass is 462 g/mol. The fourth-order valence-corrected chi connectivity index (χ4v) is 2.86. The van der Waals surface area contributed by atoms with Crippen LogP contribution >= 0.6 is 0 Å². The number of unbranched alkanes of at least 4 members (excludes halogenated alkanes) is 1. The maximum absolute atomic E-state index is 12.5. The first kappa shape index (κ1) is 26.3. The molecule has 0 bridgehead atoms. The zero-order valence-corrected chi connectivity index (χ0v) is 19.2. The number of aromatic nitrogens is 1. The lowest BCUT2D eigenvalue weighted by molar-refractivity contribution is -0.126. The molecule has 0 fully saturated rings. The number of hydrogen-bond donors (Lipinski definition) is 4. The number of nitrogens with two attached hydrogens (primary N) is 1. The van der Waals surface area contributed by atoms with Gasteiger partial charge in [-0.2, -0.15) is 0 Å². The van der Waals surface area contributed by atoms with Crippen LogP contribution in [0.5, 0.6) is 0 Å². The van der Waals surface area contributed by atoms with E-state index in [4.69, 9.17) is 24.7 Å². The number of benzene rings is 1. The van der Waals surface area contributed by atoms with Gasteiger partial charge in [0.05, 0.1) is 31.1 Å². The van der Waals surface area contributed by atoms with Crippen molar-refractivity contribution in [1.82, 2.24) is 15.6 Å². The zero-order chi connectivity index (χ0) is 24.1. The third-order valence-corrected chi connectivity index (χ3v) is 4.70. The number of alkyl carbamates (subject to hydrolysis) is 1. The Hall–Kier alpha value is -2.95. The Morgan fingerprint density at radius 3 is 2.70 bits per heavy atom. The predicted molar refractivity (Wildman–Crippen MR) is 121 cm³/mol. The van der Waals surface area contributed by atoms with Gasteiger partial charge in [0, 0.05) is 19.6 Å². The summed E-state index contributed by atoms with van der Waals surface area (Å²) >= 11 is 0. The minimum Gasteiger partial charge on any atom is -0.449 e. The molecule has 0 aliphatic heterocycles. The summed E-state index contributed by atoms with van der Waals surface area (Å²) < 4.78 is 16.6. The minimum atomic E-state index is -1.09. The van der Waals surface area contributed by atoms with Gasteiger partial charge in [-0.3, -0.25) is 4.79 Å². The van der Waals surface area contributed by atoms with Crippen molar-refractivity contribution in [2.24, 2.45) is 5.73 Å². The Morgan fingerprint density at radius 1 is 1.24 bits per heavy atom. The van der Waals surface area contributed by atoms with E-state index < -0.39 is 17.7 Å². The van der Waals surface area contributed by atoms with E-state index in [1.54, 1.807) is 13.8 Å². The number of aliphatic hydroxyl groups excluding tert-OH is 1. The summed E-state index contributed by atoms with van der Waals surface area (Å²) in [6.07, 6.45) is 2.32. The Bertz CT molecular complexity index is 850. The first-order chi connectivity index (χ1) is 15.8. The number of hydrogen-bond acceptors (Lipinski definition) is 8.